The quantitative estimate of drug-likeness (QED) is 0.238. The van der Waals surface area contributed by atoms with E-state index in [1.54, 1.807) is 13.1 Å². The Morgan fingerprint density at radius 2 is 1.79 bits per heavy atom. The third-order valence-electron chi connectivity index (χ3n) is 7.36. The number of likely N-dealkylation sites (N-methyl/N-ethyl adjacent to an activating group) is 1. The van der Waals surface area contributed by atoms with Gasteiger partial charge in [-0.2, -0.15) is 0 Å². The van der Waals surface area contributed by atoms with Crippen molar-refractivity contribution in [3.63, 3.8) is 0 Å². The third kappa shape index (κ3) is 6.02. The summed E-state index contributed by atoms with van der Waals surface area (Å²) in [5, 5.41) is 8.93. The summed E-state index contributed by atoms with van der Waals surface area (Å²) in [7, 11) is 3.72. The van der Waals surface area contributed by atoms with Gasteiger partial charge in [-0.1, -0.05) is 48.5 Å². The summed E-state index contributed by atoms with van der Waals surface area (Å²) in [6.07, 6.45) is 3.40. The number of nitrogens with zero attached hydrogens (tertiary/aromatic N) is 1. The lowest BCUT2D eigenvalue weighted by molar-refractivity contribution is -0.120. The van der Waals surface area contributed by atoms with Gasteiger partial charge in [-0.05, 0) is 66.4 Å². The van der Waals surface area contributed by atoms with Gasteiger partial charge in [0.25, 0.3) is 11.8 Å². The number of carbonyl (C=O) groups excluding carboxylic acids is 3. The van der Waals surface area contributed by atoms with E-state index in [4.69, 9.17) is 0 Å². The predicted molar refractivity (Wildman–Crippen MR) is 152 cm³/mol. The van der Waals surface area contributed by atoms with Crippen LogP contribution in [-0.2, 0) is 24.2 Å². The summed E-state index contributed by atoms with van der Waals surface area (Å²) in [5.74, 6) is -0.829. The molecule has 5 rings (SSSR count). The molecule has 4 aromatic rings. The number of imide groups is 1. The Bertz CT molecular complexity index is 1500. The molecule has 0 aliphatic carbocycles. The highest BCUT2D eigenvalue weighted by Gasteiger charge is 2.37. The Morgan fingerprint density at radius 3 is 2.54 bits per heavy atom. The van der Waals surface area contributed by atoms with Gasteiger partial charge in [0, 0.05) is 48.7 Å². The summed E-state index contributed by atoms with van der Waals surface area (Å²) >= 11 is 0. The minimum Gasteiger partial charge on any atom is -0.361 e. The maximum absolute atomic E-state index is 12.7. The molecule has 0 radical (unpaired) electrons. The van der Waals surface area contributed by atoms with Crippen LogP contribution in [0.1, 0.15) is 38.5 Å². The summed E-state index contributed by atoms with van der Waals surface area (Å²) in [4.78, 5) is 42.7. The van der Waals surface area contributed by atoms with Crippen LogP contribution in [0, 0.1) is 0 Å². The van der Waals surface area contributed by atoms with Crippen LogP contribution in [0.4, 0.5) is 4.79 Å². The van der Waals surface area contributed by atoms with Crippen molar-refractivity contribution in [3.05, 3.63) is 107 Å². The number of amides is 4. The van der Waals surface area contributed by atoms with E-state index in [0.29, 0.717) is 12.0 Å². The first kappa shape index (κ1) is 26.2. The second-order valence-electron chi connectivity index (χ2n) is 10.1. The van der Waals surface area contributed by atoms with E-state index in [2.05, 4.69) is 69.4 Å². The first-order valence-corrected chi connectivity index (χ1v) is 13.2. The Hall–Kier alpha value is -4.43. The largest absolute Gasteiger partial charge is 0.361 e. The van der Waals surface area contributed by atoms with Crippen LogP contribution in [0.5, 0.6) is 0 Å². The van der Waals surface area contributed by atoms with Gasteiger partial charge in [0.15, 0.2) is 0 Å². The number of rotatable bonds is 10. The fraction of sp³-hybridized carbons (Fsp3) is 0.258. The third-order valence-corrected chi connectivity index (χ3v) is 7.36. The Kier molecular flexibility index (Phi) is 7.74. The molecule has 0 bridgehead atoms. The van der Waals surface area contributed by atoms with Crippen LogP contribution in [0.25, 0.3) is 10.9 Å². The van der Waals surface area contributed by atoms with Gasteiger partial charge in [0.2, 0.25) is 0 Å². The molecular weight excluding hydrogens is 490 g/mol. The number of fused-ring (bicyclic) bond motifs is 1. The predicted octanol–water partition coefficient (Wildman–Crippen LogP) is 3.74. The van der Waals surface area contributed by atoms with Crippen molar-refractivity contribution in [1.29, 1.82) is 0 Å². The van der Waals surface area contributed by atoms with E-state index in [9.17, 15) is 14.4 Å². The number of aromatic nitrogens is 1. The zero-order valence-electron chi connectivity index (χ0n) is 22.2. The van der Waals surface area contributed by atoms with E-state index in [1.807, 2.05) is 36.4 Å². The standard InChI is InChI=1S/C31H33N5O3/c1-32-29(37)23-10-6-9-21(15-23)16-26(28-30(38)35-31(39)34-28)22-11-12-27-25(17-22)24(18-33-27)13-14-36(2)19-20-7-4-3-5-8-20/h3-12,15,17-18,26,28,33H,13-14,16,19H2,1-2H3,(H,32,37)(H2,34,35,38,39). The van der Waals surface area contributed by atoms with Crippen molar-refractivity contribution in [1.82, 2.24) is 25.8 Å². The minimum atomic E-state index is -0.710. The van der Waals surface area contributed by atoms with Crippen LogP contribution in [0.15, 0.2) is 79.0 Å². The summed E-state index contributed by atoms with van der Waals surface area (Å²) in [6, 6.07) is 22.8. The summed E-state index contributed by atoms with van der Waals surface area (Å²) < 4.78 is 0. The molecule has 2 atom stereocenters. The van der Waals surface area contributed by atoms with Gasteiger partial charge in [-0.3, -0.25) is 14.9 Å². The lowest BCUT2D eigenvalue weighted by Crippen LogP contribution is -2.36. The number of carbonyl (C=O) groups is 3. The normalized spacial score (nSPS) is 15.8. The van der Waals surface area contributed by atoms with Crippen molar-refractivity contribution in [2.24, 2.45) is 0 Å². The molecule has 1 aromatic heterocycles. The zero-order chi connectivity index (χ0) is 27.4. The Morgan fingerprint density at radius 1 is 1.00 bits per heavy atom. The van der Waals surface area contributed by atoms with Gasteiger partial charge in [-0.25, -0.2) is 4.79 Å². The first-order chi connectivity index (χ1) is 18.9. The average molecular weight is 524 g/mol. The molecule has 0 spiro atoms. The highest BCUT2D eigenvalue weighted by molar-refractivity contribution is 6.04. The number of urea groups is 1. The van der Waals surface area contributed by atoms with Gasteiger partial charge in [0.05, 0.1) is 0 Å². The first-order valence-electron chi connectivity index (χ1n) is 13.2. The second kappa shape index (κ2) is 11.5. The molecule has 4 N–H and O–H groups in total. The number of nitrogens with one attached hydrogen (secondary N) is 4. The zero-order valence-corrected chi connectivity index (χ0v) is 22.2. The highest BCUT2D eigenvalue weighted by atomic mass is 16.2. The maximum Gasteiger partial charge on any atom is 0.322 e. The van der Waals surface area contributed by atoms with Crippen LogP contribution >= 0.6 is 0 Å². The van der Waals surface area contributed by atoms with Crippen LogP contribution in [0.3, 0.4) is 0 Å². The molecule has 0 saturated carbocycles. The molecule has 1 aliphatic heterocycles. The molecule has 4 amide bonds. The van der Waals surface area contributed by atoms with Crippen molar-refractivity contribution >= 4 is 28.7 Å². The second-order valence-corrected chi connectivity index (χ2v) is 10.1. The molecule has 1 fully saturated rings. The van der Waals surface area contributed by atoms with Crippen molar-refractivity contribution in [2.45, 2.75) is 31.3 Å². The molecule has 2 heterocycles. The van der Waals surface area contributed by atoms with E-state index in [0.717, 1.165) is 41.5 Å². The number of hydrogen-bond acceptors (Lipinski definition) is 4. The molecule has 1 saturated heterocycles. The number of aromatic amines is 1. The molecule has 39 heavy (non-hydrogen) atoms. The summed E-state index contributed by atoms with van der Waals surface area (Å²) in [6.45, 7) is 1.77. The maximum atomic E-state index is 12.7. The van der Waals surface area contributed by atoms with Crippen LogP contribution in [-0.4, -0.2) is 54.4 Å². The molecular formula is C31H33N5O3. The Balaban J connectivity index is 1.41. The Labute approximate surface area is 227 Å². The number of H-pyrrole nitrogens is 1. The summed E-state index contributed by atoms with van der Waals surface area (Å²) in [5.41, 5.74) is 5.92. The molecule has 8 nitrogen and oxygen atoms in total. The lowest BCUT2D eigenvalue weighted by atomic mass is 9.84. The smallest absolute Gasteiger partial charge is 0.322 e. The highest BCUT2D eigenvalue weighted by Crippen LogP contribution is 2.31. The van der Waals surface area contributed by atoms with Gasteiger partial charge < -0.3 is 20.5 Å². The molecule has 2 unspecified atom stereocenters. The van der Waals surface area contributed by atoms with Crippen molar-refractivity contribution in [2.75, 3.05) is 20.6 Å². The fourth-order valence-electron chi connectivity index (χ4n) is 5.30. The topological polar surface area (TPSA) is 106 Å². The van der Waals surface area contributed by atoms with E-state index in [-0.39, 0.29) is 17.7 Å². The minimum absolute atomic E-state index is 0.170. The monoisotopic (exact) mass is 523 g/mol. The number of hydrogen-bond donors (Lipinski definition) is 4. The van der Waals surface area contributed by atoms with E-state index < -0.39 is 12.1 Å². The van der Waals surface area contributed by atoms with Crippen LogP contribution < -0.4 is 16.0 Å². The van der Waals surface area contributed by atoms with Crippen molar-refractivity contribution in [3.8, 4) is 0 Å². The average Bonchev–Trinajstić information content (AvgIpc) is 3.51. The van der Waals surface area contributed by atoms with Crippen molar-refractivity contribution < 1.29 is 14.4 Å². The number of benzene rings is 3. The van der Waals surface area contributed by atoms with Gasteiger partial charge in [0.1, 0.15) is 6.04 Å². The lowest BCUT2D eigenvalue weighted by Gasteiger charge is -2.23. The fourth-order valence-corrected chi connectivity index (χ4v) is 5.30. The molecule has 200 valence electrons. The molecule has 1 aliphatic rings. The van der Waals surface area contributed by atoms with Gasteiger partial charge in [-0.15, -0.1) is 0 Å². The molecule has 3 aromatic carbocycles. The van der Waals surface area contributed by atoms with Crippen LogP contribution in [0.2, 0.25) is 0 Å². The SMILES string of the molecule is CNC(=O)c1cccc(CC(c2ccc3[nH]cc(CCN(C)Cc4ccccc4)c3c2)C2NC(=O)NC2=O)c1. The van der Waals surface area contributed by atoms with E-state index in [1.165, 1.54) is 11.1 Å². The van der Waals surface area contributed by atoms with E-state index >= 15 is 0 Å². The molecule has 8 heteroatoms. The van der Waals surface area contributed by atoms with Gasteiger partial charge >= 0.3 is 6.03 Å².